The van der Waals surface area contributed by atoms with Gasteiger partial charge in [0.15, 0.2) is 0 Å². The average Bonchev–Trinajstić information content (AvgIpc) is 2.89. The molecule has 3 aliphatic rings. The van der Waals surface area contributed by atoms with Gasteiger partial charge in [0.25, 0.3) is 0 Å². The van der Waals surface area contributed by atoms with Crippen LogP contribution in [0.25, 0.3) is 0 Å². The fourth-order valence-electron chi connectivity index (χ4n) is 4.46. The molecule has 19 heavy (non-hydrogen) atoms. The van der Waals surface area contributed by atoms with E-state index in [1.54, 1.807) is 0 Å². The van der Waals surface area contributed by atoms with E-state index in [2.05, 4.69) is 17.1 Å². The number of fused-ring (bicyclic) bond motifs is 1. The highest BCUT2D eigenvalue weighted by molar-refractivity contribution is 5.77. The number of hydrogen-bond acceptors (Lipinski definition) is 2. The maximum Gasteiger partial charge on any atom is 0.224 e. The van der Waals surface area contributed by atoms with Gasteiger partial charge in [-0.3, -0.25) is 4.79 Å². The molecule has 3 heteroatoms. The summed E-state index contributed by atoms with van der Waals surface area (Å²) in [6, 6.07) is 1.00. The lowest BCUT2D eigenvalue weighted by molar-refractivity contribution is -0.136. The third kappa shape index (κ3) is 2.81. The van der Waals surface area contributed by atoms with Gasteiger partial charge < -0.3 is 10.2 Å². The molecule has 2 saturated heterocycles. The number of nitrogens with one attached hydrogen (secondary N) is 1. The summed E-state index contributed by atoms with van der Waals surface area (Å²) >= 11 is 0. The van der Waals surface area contributed by atoms with Gasteiger partial charge in [-0.2, -0.15) is 0 Å². The zero-order chi connectivity index (χ0) is 13.2. The summed E-state index contributed by atoms with van der Waals surface area (Å²) in [4.78, 5) is 14.9. The van der Waals surface area contributed by atoms with Crippen LogP contribution in [0.4, 0.5) is 0 Å². The number of hydrogen-bond donors (Lipinski definition) is 1. The Labute approximate surface area is 117 Å². The number of piperidine rings is 2. The molecule has 1 saturated carbocycles. The molecule has 0 aromatic rings. The normalized spacial score (nSPS) is 39.1. The summed E-state index contributed by atoms with van der Waals surface area (Å²) < 4.78 is 0. The SMILES string of the molecule is CC1CCCNC1CC(=O)N1CCCC2CCCC21. The summed E-state index contributed by atoms with van der Waals surface area (Å²) in [5.74, 6) is 1.89. The molecular weight excluding hydrogens is 236 g/mol. The molecule has 2 aliphatic heterocycles. The van der Waals surface area contributed by atoms with Crippen molar-refractivity contribution in [2.75, 3.05) is 13.1 Å². The molecule has 0 aromatic carbocycles. The number of carbonyl (C=O) groups is 1. The third-order valence-corrected chi connectivity index (χ3v) is 5.64. The Morgan fingerprint density at radius 3 is 2.84 bits per heavy atom. The van der Waals surface area contributed by atoms with Crippen molar-refractivity contribution in [3.8, 4) is 0 Å². The topological polar surface area (TPSA) is 32.3 Å². The van der Waals surface area contributed by atoms with Crippen molar-refractivity contribution in [2.45, 2.75) is 70.4 Å². The van der Waals surface area contributed by atoms with Gasteiger partial charge in [-0.25, -0.2) is 0 Å². The van der Waals surface area contributed by atoms with Crippen molar-refractivity contribution in [3.63, 3.8) is 0 Å². The van der Waals surface area contributed by atoms with Crippen molar-refractivity contribution in [3.05, 3.63) is 0 Å². The molecule has 3 rings (SSSR count). The van der Waals surface area contributed by atoms with Crippen LogP contribution in [0.3, 0.4) is 0 Å². The molecule has 3 fully saturated rings. The van der Waals surface area contributed by atoms with Gasteiger partial charge >= 0.3 is 0 Å². The van der Waals surface area contributed by atoms with Crippen molar-refractivity contribution >= 4 is 5.91 Å². The highest BCUT2D eigenvalue weighted by Crippen LogP contribution is 2.37. The number of carbonyl (C=O) groups excluding carboxylic acids is 1. The van der Waals surface area contributed by atoms with Gasteiger partial charge in [-0.05, 0) is 56.9 Å². The first kappa shape index (κ1) is 13.4. The van der Waals surface area contributed by atoms with Crippen molar-refractivity contribution in [1.82, 2.24) is 10.2 Å². The predicted octanol–water partition coefficient (Wildman–Crippen LogP) is 2.56. The summed E-state index contributed by atoms with van der Waals surface area (Å²) in [5.41, 5.74) is 0. The van der Waals surface area contributed by atoms with Crippen LogP contribution in [0.15, 0.2) is 0 Å². The Morgan fingerprint density at radius 1 is 1.16 bits per heavy atom. The quantitative estimate of drug-likeness (QED) is 0.831. The van der Waals surface area contributed by atoms with E-state index in [9.17, 15) is 4.79 Å². The molecule has 3 nitrogen and oxygen atoms in total. The van der Waals surface area contributed by atoms with Crippen LogP contribution in [0.1, 0.15) is 58.3 Å². The van der Waals surface area contributed by atoms with Crippen LogP contribution in [0.5, 0.6) is 0 Å². The van der Waals surface area contributed by atoms with Crippen molar-refractivity contribution < 1.29 is 4.79 Å². The Morgan fingerprint density at radius 2 is 2.00 bits per heavy atom. The molecule has 1 aliphatic carbocycles. The van der Waals surface area contributed by atoms with Gasteiger partial charge in [0.1, 0.15) is 0 Å². The highest BCUT2D eigenvalue weighted by Gasteiger charge is 2.38. The monoisotopic (exact) mass is 264 g/mol. The van der Waals surface area contributed by atoms with E-state index in [0.717, 1.165) is 25.4 Å². The maximum absolute atomic E-state index is 12.6. The zero-order valence-corrected chi connectivity index (χ0v) is 12.2. The average molecular weight is 264 g/mol. The Balaban J connectivity index is 1.59. The standard InChI is InChI=1S/C16H28N2O/c1-12-5-3-9-17-14(12)11-16(19)18-10-4-7-13-6-2-8-15(13)18/h12-15,17H,2-11H2,1H3. The van der Waals surface area contributed by atoms with Crippen molar-refractivity contribution in [2.24, 2.45) is 11.8 Å². The summed E-state index contributed by atoms with van der Waals surface area (Å²) in [6.07, 6.45) is 9.78. The molecule has 0 bridgehead atoms. The van der Waals surface area contributed by atoms with E-state index >= 15 is 0 Å². The van der Waals surface area contributed by atoms with Crippen LogP contribution >= 0.6 is 0 Å². The first-order valence-corrected chi connectivity index (χ1v) is 8.28. The number of amides is 1. The molecular formula is C16H28N2O. The smallest absolute Gasteiger partial charge is 0.224 e. The van der Waals surface area contributed by atoms with E-state index < -0.39 is 0 Å². The fraction of sp³-hybridized carbons (Fsp3) is 0.938. The minimum absolute atomic E-state index is 0.419. The van der Waals surface area contributed by atoms with Crippen LogP contribution in [-0.4, -0.2) is 36.0 Å². The summed E-state index contributed by atoms with van der Waals surface area (Å²) in [6.45, 7) is 4.40. The van der Waals surface area contributed by atoms with E-state index in [0.29, 0.717) is 23.9 Å². The number of likely N-dealkylation sites (tertiary alicyclic amines) is 1. The number of rotatable bonds is 2. The molecule has 1 amide bonds. The predicted molar refractivity (Wildman–Crippen MR) is 76.9 cm³/mol. The van der Waals surface area contributed by atoms with Crippen LogP contribution in [0, 0.1) is 11.8 Å². The molecule has 0 radical (unpaired) electrons. The molecule has 2 heterocycles. The highest BCUT2D eigenvalue weighted by atomic mass is 16.2. The lowest BCUT2D eigenvalue weighted by Crippen LogP contribution is -2.50. The van der Waals surface area contributed by atoms with E-state index in [1.165, 1.54) is 44.9 Å². The third-order valence-electron chi connectivity index (χ3n) is 5.64. The first-order valence-electron chi connectivity index (χ1n) is 8.28. The number of nitrogens with zero attached hydrogens (tertiary/aromatic N) is 1. The van der Waals surface area contributed by atoms with Crippen LogP contribution in [0.2, 0.25) is 0 Å². The Kier molecular flexibility index (Phi) is 4.11. The summed E-state index contributed by atoms with van der Waals surface area (Å²) in [5, 5.41) is 3.55. The fourth-order valence-corrected chi connectivity index (χ4v) is 4.46. The van der Waals surface area contributed by atoms with Gasteiger partial charge in [0.05, 0.1) is 0 Å². The Bertz CT molecular complexity index is 331. The van der Waals surface area contributed by atoms with Crippen LogP contribution < -0.4 is 5.32 Å². The molecule has 0 spiro atoms. The van der Waals surface area contributed by atoms with Gasteiger partial charge in [0.2, 0.25) is 5.91 Å². The van der Waals surface area contributed by atoms with Crippen molar-refractivity contribution in [1.29, 1.82) is 0 Å². The molecule has 1 N–H and O–H groups in total. The van der Waals surface area contributed by atoms with Crippen LogP contribution in [-0.2, 0) is 4.79 Å². The van der Waals surface area contributed by atoms with E-state index in [-0.39, 0.29) is 0 Å². The van der Waals surface area contributed by atoms with Gasteiger partial charge in [0, 0.05) is 25.0 Å². The summed E-state index contributed by atoms with van der Waals surface area (Å²) in [7, 11) is 0. The maximum atomic E-state index is 12.6. The molecule has 0 aromatic heterocycles. The second-order valence-electron chi connectivity index (χ2n) is 6.87. The zero-order valence-electron chi connectivity index (χ0n) is 12.2. The van der Waals surface area contributed by atoms with E-state index in [1.807, 2.05) is 0 Å². The second kappa shape index (κ2) is 5.82. The van der Waals surface area contributed by atoms with Gasteiger partial charge in [-0.15, -0.1) is 0 Å². The molecule has 108 valence electrons. The first-order chi connectivity index (χ1) is 9.25. The lowest BCUT2D eigenvalue weighted by Gasteiger charge is -2.39. The lowest BCUT2D eigenvalue weighted by atomic mass is 9.88. The molecule has 4 atom stereocenters. The largest absolute Gasteiger partial charge is 0.339 e. The van der Waals surface area contributed by atoms with Gasteiger partial charge in [-0.1, -0.05) is 13.3 Å². The minimum atomic E-state index is 0.419. The minimum Gasteiger partial charge on any atom is -0.339 e. The second-order valence-corrected chi connectivity index (χ2v) is 6.87. The molecule has 4 unspecified atom stereocenters. The Hall–Kier alpha value is -0.570. The van der Waals surface area contributed by atoms with E-state index in [4.69, 9.17) is 0 Å².